The van der Waals surface area contributed by atoms with Crippen molar-refractivity contribution in [1.29, 1.82) is 0 Å². The predicted molar refractivity (Wildman–Crippen MR) is 122 cm³/mol. The number of halogens is 5. The summed E-state index contributed by atoms with van der Waals surface area (Å²) in [6.45, 7) is 0. The molecule has 2 aromatic carbocycles. The number of hydrogen-bond acceptors (Lipinski definition) is 4. The highest BCUT2D eigenvalue weighted by atomic mass is 79.9. The van der Waals surface area contributed by atoms with E-state index in [2.05, 4.69) is 4.99 Å². The molecule has 0 fully saturated rings. The first-order valence-electron chi connectivity index (χ1n) is 8.50. The van der Waals surface area contributed by atoms with Crippen molar-refractivity contribution in [2.75, 3.05) is 14.1 Å². The molecule has 3 rings (SSSR count). The maximum atomic E-state index is 12.7. The van der Waals surface area contributed by atoms with Gasteiger partial charge in [0.05, 0.1) is 22.0 Å². The molecular formula is C19H18BrClF3N3O2S2. The van der Waals surface area contributed by atoms with E-state index in [9.17, 15) is 21.6 Å². The molecule has 0 bridgehead atoms. The number of alkyl halides is 3. The molecule has 0 N–H and O–H groups in total. The normalized spacial score (nSPS) is 12.8. The third-order valence-electron chi connectivity index (χ3n) is 4.33. The Labute approximate surface area is 197 Å². The fourth-order valence-corrected chi connectivity index (χ4v) is 4.94. The predicted octanol–water partition coefficient (Wildman–Crippen LogP) is 5.49. The molecule has 0 aliphatic heterocycles. The largest absolute Gasteiger partial charge is 0.416 e. The lowest BCUT2D eigenvalue weighted by Gasteiger charge is -2.14. The number of benzene rings is 2. The number of hydrogen-bond donors (Lipinski definition) is 0. The summed E-state index contributed by atoms with van der Waals surface area (Å²) in [5.74, 6) is 0. The number of rotatable bonds is 4. The number of thiazole rings is 1. The van der Waals surface area contributed by atoms with Crippen LogP contribution in [0.2, 0.25) is 5.02 Å². The van der Waals surface area contributed by atoms with Crippen molar-refractivity contribution >= 4 is 55.6 Å². The Morgan fingerprint density at radius 3 is 2.26 bits per heavy atom. The molecule has 12 heteroatoms. The van der Waals surface area contributed by atoms with Gasteiger partial charge in [-0.25, -0.2) is 17.7 Å². The van der Waals surface area contributed by atoms with Crippen LogP contribution in [0.4, 0.5) is 18.9 Å². The Hall–Kier alpha value is -1.66. The van der Waals surface area contributed by atoms with Crippen LogP contribution in [-0.4, -0.2) is 31.4 Å². The van der Waals surface area contributed by atoms with Gasteiger partial charge in [0.2, 0.25) is 10.0 Å². The van der Waals surface area contributed by atoms with Crippen LogP contribution in [0.1, 0.15) is 5.56 Å². The van der Waals surface area contributed by atoms with Crippen molar-refractivity contribution in [3.63, 3.8) is 0 Å². The molecule has 1 aromatic heterocycles. The van der Waals surface area contributed by atoms with Gasteiger partial charge in [-0.2, -0.15) is 13.2 Å². The molecule has 0 unspecified atom stereocenters. The lowest BCUT2D eigenvalue weighted by atomic mass is 10.2. The standard InChI is InChI=1S/C19H17ClF3N3O2S2.BrH/c1-25(2)30(27,28)17-10-12(4-9-15(17)20)16-11-29-18(26(16)3)24-14-7-5-13(6-8-14)19(21,22)23;/h4-11H,1-3H3;1H. The van der Waals surface area contributed by atoms with Gasteiger partial charge in [0.25, 0.3) is 0 Å². The Morgan fingerprint density at radius 1 is 1.10 bits per heavy atom. The van der Waals surface area contributed by atoms with Crippen LogP contribution >= 0.6 is 39.9 Å². The molecule has 0 saturated carbocycles. The Kier molecular flexibility index (Phi) is 7.81. The van der Waals surface area contributed by atoms with Gasteiger partial charge in [-0.3, -0.25) is 0 Å². The summed E-state index contributed by atoms with van der Waals surface area (Å²) in [7, 11) is 0.852. The van der Waals surface area contributed by atoms with Crippen molar-refractivity contribution < 1.29 is 21.6 Å². The van der Waals surface area contributed by atoms with Crippen molar-refractivity contribution in [3.8, 4) is 11.3 Å². The van der Waals surface area contributed by atoms with E-state index in [0.29, 0.717) is 21.7 Å². The van der Waals surface area contributed by atoms with Crippen LogP contribution in [0, 0.1) is 0 Å². The van der Waals surface area contributed by atoms with Gasteiger partial charge in [0.15, 0.2) is 4.80 Å². The van der Waals surface area contributed by atoms with Crippen LogP contribution in [0.25, 0.3) is 11.3 Å². The molecule has 3 aromatic rings. The third kappa shape index (κ3) is 5.40. The van der Waals surface area contributed by atoms with Crippen LogP contribution in [0.5, 0.6) is 0 Å². The smallest absolute Gasteiger partial charge is 0.320 e. The van der Waals surface area contributed by atoms with Crippen molar-refractivity contribution in [2.24, 2.45) is 12.0 Å². The number of sulfonamides is 1. The van der Waals surface area contributed by atoms with Crippen molar-refractivity contribution in [3.05, 3.63) is 63.2 Å². The zero-order valence-corrected chi connectivity index (χ0v) is 20.6. The fourth-order valence-electron chi connectivity index (χ4n) is 2.63. The van der Waals surface area contributed by atoms with E-state index >= 15 is 0 Å². The molecule has 0 aliphatic carbocycles. The van der Waals surface area contributed by atoms with E-state index in [4.69, 9.17) is 11.6 Å². The monoisotopic (exact) mass is 555 g/mol. The molecule has 0 aliphatic rings. The summed E-state index contributed by atoms with van der Waals surface area (Å²) in [5.41, 5.74) is 0.942. The maximum absolute atomic E-state index is 12.7. The zero-order valence-electron chi connectivity index (χ0n) is 16.5. The fraction of sp³-hybridized carbons (Fsp3) is 0.211. The van der Waals surface area contributed by atoms with Gasteiger partial charge < -0.3 is 4.57 Å². The van der Waals surface area contributed by atoms with E-state index in [-0.39, 0.29) is 26.9 Å². The van der Waals surface area contributed by atoms with Gasteiger partial charge in [0.1, 0.15) is 4.90 Å². The van der Waals surface area contributed by atoms with Crippen LogP contribution in [0.15, 0.2) is 57.7 Å². The molecule has 0 amide bonds. The van der Waals surface area contributed by atoms with E-state index in [1.165, 1.54) is 49.7 Å². The van der Waals surface area contributed by atoms with E-state index in [0.717, 1.165) is 16.4 Å². The minimum absolute atomic E-state index is 0. The average Bonchev–Trinajstić information content (AvgIpc) is 3.02. The van der Waals surface area contributed by atoms with Crippen LogP contribution in [0.3, 0.4) is 0 Å². The first-order valence-corrected chi connectivity index (χ1v) is 11.2. The summed E-state index contributed by atoms with van der Waals surface area (Å²) in [5, 5.41) is 1.90. The topological polar surface area (TPSA) is 54.7 Å². The highest BCUT2D eigenvalue weighted by Crippen LogP contribution is 2.31. The second-order valence-corrected chi connectivity index (χ2v) is 9.92. The number of nitrogens with zero attached hydrogens (tertiary/aromatic N) is 3. The summed E-state index contributed by atoms with van der Waals surface area (Å²) < 4.78 is 65.9. The Morgan fingerprint density at radius 2 is 1.71 bits per heavy atom. The highest BCUT2D eigenvalue weighted by Gasteiger charge is 2.30. The van der Waals surface area contributed by atoms with Crippen molar-refractivity contribution in [1.82, 2.24) is 8.87 Å². The SMILES string of the molecule is Br.CN(C)S(=O)(=O)c1cc(-c2csc(=Nc3ccc(C(F)(F)F)cc3)n2C)ccc1Cl. The minimum Gasteiger partial charge on any atom is -0.320 e. The summed E-state index contributed by atoms with van der Waals surface area (Å²) in [4.78, 5) is 4.91. The van der Waals surface area contributed by atoms with E-state index in [1.54, 1.807) is 23.1 Å². The maximum Gasteiger partial charge on any atom is 0.416 e. The van der Waals surface area contributed by atoms with E-state index in [1.807, 2.05) is 0 Å². The molecule has 0 radical (unpaired) electrons. The summed E-state index contributed by atoms with van der Waals surface area (Å²) in [6.07, 6.45) is -4.40. The van der Waals surface area contributed by atoms with Crippen LogP contribution in [-0.2, 0) is 23.2 Å². The second-order valence-electron chi connectivity index (χ2n) is 6.55. The van der Waals surface area contributed by atoms with Gasteiger partial charge in [0, 0.05) is 32.1 Å². The quantitative estimate of drug-likeness (QED) is 0.427. The first kappa shape index (κ1) is 25.6. The van der Waals surface area contributed by atoms with Crippen LogP contribution < -0.4 is 4.80 Å². The molecule has 0 saturated heterocycles. The molecular weight excluding hydrogens is 539 g/mol. The molecule has 168 valence electrons. The average molecular weight is 557 g/mol. The van der Waals surface area contributed by atoms with Gasteiger partial charge >= 0.3 is 6.18 Å². The lowest BCUT2D eigenvalue weighted by molar-refractivity contribution is -0.137. The molecule has 5 nitrogen and oxygen atoms in total. The van der Waals surface area contributed by atoms with Crippen molar-refractivity contribution in [2.45, 2.75) is 11.1 Å². The molecule has 0 spiro atoms. The van der Waals surface area contributed by atoms with Gasteiger partial charge in [-0.05, 0) is 36.4 Å². The van der Waals surface area contributed by atoms with Gasteiger partial charge in [-0.15, -0.1) is 28.3 Å². The molecule has 0 atom stereocenters. The Bertz CT molecular complexity index is 1250. The first-order chi connectivity index (χ1) is 13.9. The lowest BCUT2D eigenvalue weighted by Crippen LogP contribution is -2.22. The zero-order chi connectivity index (χ0) is 22.3. The second kappa shape index (κ2) is 9.45. The summed E-state index contributed by atoms with van der Waals surface area (Å²) >= 11 is 7.38. The Balaban J connectivity index is 0.00000341. The van der Waals surface area contributed by atoms with E-state index < -0.39 is 21.8 Å². The minimum atomic E-state index is -4.40. The third-order valence-corrected chi connectivity index (χ3v) is 7.54. The summed E-state index contributed by atoms with van der Waals surface area (Å²) in [6, 6.07) is 9.24. The highest BCUT2D eigenvalue weighted by molar-refractivity contribution is 8.93. The molecule has 1 heterocycles. The van der Waals surface area contributed by atoms with Gasteiger partial charge in [-0.1, -0.05) is 17.7 Å². The number of aromatic nitrogens is 1. The molecule has 31 heavy (non-hydrogen) atoms.